The zero-order valence-electron chi connectivity index (χ0n) is 21.7. The summed E-state index contributed by atoms with van der Waals surface area (Å²) in [4.78, 5) is 12.7. The van der Waals surface area contributed by atoms with Gasteiger partial charge in [0, 0.05) is 6.42 Å². The van der Waals surface area contributed by atoms with Gasteiger partial charge in [-0.3, -0.25) is 4.79 Å². The topological polar surface area (TPSA) is 99.1 Å². The summed E-state index contributed by atoms with van der Waals surface area (Å²) < 4.78 is 38.4. The quantitative estimate of drug-likeness (QED) is 0.201. The molecule has 0 aromatic heterocycles. The van der Waals surface area contributed by atoms with Crippen molar-refractivity contribution < 1.29 is 32.0 Å². The summed E-state index contributed by atoms with van der Waals surface area (Å²) in [7, 11) is -3.56. The van der Waals surface area contributed by atoms with E-state index in [1.165, 1.54) is 0 Å². The smallest absolute Gasteiger partial charge is 0.319 e. The van der Waals surface area contributed by atoms with E-state index in [9.17, 15) is 18.3 Å². The van der Waals surface area contributed by atoms with Crippen LogP contribution in [0.4, 0.5) is 0 Å². The highest BCUT2D eigenvalue weighted by Crippen LogP contribution is 2.22. The van der Waals surface area contributed by atoms with E-state index < -0.39 is 10.1 Å². The standard InChI is InChI=1S/C29H34O7S2/c1-3-18-35-29(31)28(37-20-17-23-8-10-25(30)11-9-23)21-24-6-4-22(5-7-24)16-19-34-26-12-14-27(15-13-26)36-38(2,32)33/h4-15,28,30H,3,16-21H2,1-2H3/t28-/m1/s1. The molecule has 0 unspecified atom stereocenters. The van der Waals surface area contributed by atoms with Gasteiger partial charge in [0.1, 0.15) is 22.5 Å². The molecule has 0 saturated heterocycles. The summed E-state index contributed by atoms with van der Waals surface area (Å²) in [5, 5.41) is 9.17. The van der Waals surface area contributed by atoms with Crippen LogP contribution in [0.5, 0.6) is 17.2 Å². The van der Waals surface area contributed by atoms with Gasteiger partial charge in [-0.15, -0.1) is 11.8 Å². The molecule has 0 aliphatic heterocycles. The number of benzene rings is 3. The number of carbonyl (C=O) groups is 1. The summed E-state index contributed by atoms with van der Waals surface area (Å²) in [5.74, 6) is 1.69. The van der Waals surface area contributed by atoms with E-state index in [-0.39, 0.29) is 22.7 Å². The third-order valence-corrected chi connectivity index (χ3v) is 7.23. The van der Waals surface area contributed by atoms with Crippen LogP contribution >= 0.6 is 11.8 Å². The molecule has 0 heterocycles. The molecule has 204 valence electrons. The summed E-state index contributed by atoms with van der Waals surface area (Å²) >= 11 is 1.59. The minimum atomic E-state index is -3.56. The first kappa shape index (κ1) is 29.4. The highest BCUT2D eigenvalue weighted by molar-refractivity contribution is 8.00. The van der Waals surface area contributed by atoms with Crippen molar-refractivity contribution in [1.82, 2.24) is 0 Å². The van der Waals surface area contributed by atoms with Crippen molar-refractivity contribution in [1.29, 1.82) is 0 Å². The zero-order chi connectivity index (χ0) is 27.4. The van der Waals surface area contributed by atoms with Gasteiger partial charge in [-0.2, -0.15) is 8.42 Å². The number of ether oxygens (including phenoxy) is 2. The number of phenolic OH excluding ortho intramolecular Hbond substituents is 1. The van der Waals surface area contributed by atoms with Crippen LogP contribution in [0.15, 0.2) is 72.8 Å². The number of phenols is 1. The number of hydrogen-bond acceptors (Lipinski definition) is 8. The van der Waals surface area contributed by atoms with Gasteiger partial charge < -0.3 is 18.8 Å². The number of esters is 1. The fourth-order valence-electron chi connectivity index (χ4n) is 3.60. The highest BCUT2D eigenvalue weighted by Gasteiger charge is 2.21. The predicted molar refractivity (Wildman–Crippen MR) is 151 cm³/mol. The Labute approximate surface area is 229 Å². The highest BCUT2D eigenvalue weighted by atomic mass is 32.2. The SMILES string of the molecule is CCCOC(=O)[C@@H](Cc1ccc(CCOc2ccc(OS(C)(=O)=O)cc2)cc1)SCCc1ccc(O)cc1. The summed E-state index contributed by atoms with van der Waals surface area (Å²) in [6.45, 7) is 2.86. The second-order valence-electron chi connectivity index (χ2n) is 8.82. The van der Waals surface area contributed by atoms with Gasteiger partial charge in [0.2, 0.25) is 0 Å². The van der Waals surface area contributed by atoms with Gasteiger partial charge >= 0.3 is 16.1 Å². The van der Waals surface area contributed by atoms with E-state index in [0.717, 1.165) is 41.5 Å². The lowest BCUT2D eigenvalue weighted by atomic mass is 10.1. The van der Waals surface area contributed by atoms with Crippen molar-refractivity contribution >= 4 is 27.8 Å². The first-order chi connectivity index (χ1) is 18.2. The maximum Gasteiger partial charge on any atom is 0.319 e. The van der Waals surface area contributed by atoms with E-state index in [1.807, 2.05) is 43.3 Å². The second-order valence-corrected chi connectivity index (χ2v) is 11.7. The van der Waals surface area contributed by atoms with Crippen LogP contribution in [0.25, 0.3) is 0 Å². The molecule has 7 nitrogen and oxygen atoms in total. The average Bonchev–Trinajstić information content (AvgIpc) is 2.89. The van der Waals surface area contributed by atoms with Gasteiger partial charge in [0.05, 0.1) is 19.5 Å². The van der Waals surface area contributed by atoms with Gasteiger partial charge in [-0.1, -0.05) is 43.3 Å². The number of aromatic hydroxyl groups is 1. The van der Waals surface area contributed by atoms with Gasteiger partial charge in [-0.25, -0.2) is 0 Å². The van der Waals surface area contributed by atoms with E-state index in [1.54, 1.807) is 48.2 Å². The van der Waals surface area contributed by atoms with Gasteiger partial charge in [0.15, 0.2) is 0 Å². The van der Waals surface area contributed by atoms with Crippen LogP contribution in [0.1, 0.15) is 30.0 Å². The number of hydrogen-bond donors (Lipinski definition) is 1. The lowest BCUT2D eigenvalue weighted by molar-refractivity contribution is -0.142. The average molecular weight is 559 g/mol. The van der Waals surface area contributed by atoms with Crippen molar-refractivity contribution in [2.45, 2.75) is 37.9 Å². The molecular formula is C29H34O7S2. The van der Waals surface area contributed by atoms with Crippen LogP contribution < -0.4 is 8.92 Å². The lowest BCUT2D eigenvalue weighted by Crippen LogP contribution is -2.24. The Kier molecular flexibility index (Phi) is 11.4. The van der Waals surface area contributed by atoms with E-state index >= 15 is 0 Å². The summed E-state index contributed by atoms with van der Waals surface area (Å²) in [5.41, 5.74) is 3.28. The molecule has 1 atom stereocenters. The zero-order valence-corrected chi connectivity index (χ0v) is 23.3. The Balaban J connectivity index is 1.49. The molecule has 0 radical (unpaired) electrons. The third kappa shape index (κ3) is 10.7. The molecule has 38 heavy (non-hydrogen) atoms. The molecule has 0 aliphatic carbocycles. The largest absolute Gasteiger partial charge is 0.508 e. The molecule has 0 amide bonds. The van der Waals surface area contributed by atoms with Gasteiger partial charge in [0.25, 0.3) is 0 Å². The molecule has 0 bridgehead atoms. The van der Waals surface area contributed by atoms with E-state index in [0.29, 0.717) is 31.8 Å². The van der Waals surface area contributed by atoms with E-state index in [2.05, 4.69) is 0 Å². The molecule has 0 aliphatic rings. The van der Waals surface area contributed by atoms with Crippen LogP contribution in [0, 0.1) is 0 Å². The van der Waals surface area contributed by atoms with Crippen LogP contribution in [-0.4, -0.2) is 50.0 Å². The number of aryl methyl sites for hydroxylation is 1. The fraction of sp³-hybridized carbons (Fsp3) is 0.345. The van der Waals surface area contributed by atoms with Gasteiger partial charge in [-0.05, 0) is 78.1 Å². The monoisotopic (exact) mass is 558 g/mol. The molecule has 1 N–H and O–H groups in total. The van der Waals surface area contributed by atoms with Crippen molar-refractivity contribution in [3.05, 3.63) is 89.5 Å². The van der Waals surface area contributed by atoms with E-state index in [4.69, 9.17) is 13.7 Å². The number of thioether (sulfide) groups is 1. The Morgan fingerprint density at radius 2 is 1.42 bits per heavy atom. The minimum absolute atomic E-state index is 0.187. The number of carbonyl (C=O) groups excluding carboxylic acids is 1. The van der Waals surface area contributed by atoms with Crippen molar-refractivity contribution in [3.8, 4) is 17.2 Å². The maximum absolute atomic E-state index is 12.7. The molecule has 0 spiro atoms. The van der Waals surface area contributed by atoms with Crippen molar-refractivity contribution in [2.24, 2.45) is 0 Å². The van der Waals surface area contributed by atoms with Crippen molar-refractivity contribution in [3.63, 3.8) is 0 Å². The second kappa shape index (κ2) is 14.7. The van der Waals surface area contributed by atoms with Crippen LogP contribution in [0.3, 0.4) is 0 Å². The van der Waals surface area contributed by atoms with Crippen LogP contribution in [0.2, 0.25) is 0 Å². The summed E-state index contributed by atoms with van der Waals surface area (Å²) in [6.07, 6.45) is 3.87. The number of rotatable bonds is 15. The molecule has 0 saturated carbocycles. The lowest BCUT2D eigenvalue weighted by Gasteiger charge is -2.16. The fourth-order valence-corrected chi connectivity index (χ4v) is 5.21. The maximum atomic E-state index is 12.7. The van der Waals surface area contributed by atoms with Crippen LogP contribution in [-0.2, 0) is 38.9 Å². The first-order valence-corrected chi connectivity index (χ1v) is 15.3. The minimum Gasteiger partial charge on any atom is -0.508 e. The Morgan fingerprint density at radius 3 is 2.05 bits per heavy atom. The Morgan fingerprint density at radius 1 is 0.842 bits per heavy atom. The Bertz CT molecular complexity index is 1240. The molecule has 3 aromatic carbocycles. The predicted octanol–water partition coefficient (Wildman–Crippen LogP) is 5.19. The third-order valence-electron chi connectivity index (χ3n) is 5.53. The first-order valence-electron chi connectivity index (χ1n) is 12.5. The molecule has 3 aromatic rings. The Hall–Kier alpha value is -3.17. The molecule has 0 fully saturated rings. The normalized spacial score (nSPS) is 12.1. The summed E-state index contributed by atoms with van der Waals surface area (Å²) in [6, 6.07) is 21.7. The molecular weight excluding hydrogens is 524 g/mol. The van der Waals surface area contributed by atoms with Crippen molar-refractivity contribution in [2.75, 3.05) is 25.2 Å². The molecule has 3 rings (SSSR count). The molecule has 9 heteroatoms.